The van der Waals surface area contributed by atoms with Crippen molar-refractivity contribution in [2.24, 2.45) is 0 Å². The summed E-state index contributed by atoms with van der Waals surface area (Å²) in [6.45, 7) is 5.88. The topological polar surface area (TPSA) is 38.7 Å². The first-order chi connectivity index (χ1) is 7.93. The van der Waals surface area contributed by atoms with Gasteiger partial charge in [0.25, 0.3) is 0 Å². The van der Waals surface area contributed by atoms with Crippen molar-refractivity contribution in [2.75, 3.05) is 14.2 Å². The number of methoxy groups -OCH3 is 2. The molecule has 0 spiro atoms. The predicted octanol–water partition coefficient (Wildman–Crippen LogP) is 3.64. The summed E-state index contributed by atoms with van der Waals surface area (Å²) in [5.74, 6) is 1.61. The maximum atomic E-state index is 9.89. The molecule has 0 aromatic heterocycles. The van der Waals surface area contributed by atoms with E-state index in [1.54, 1.807) is 21.1 Å². The van der Waals surface area contributed by atoms with E-state index in [0.717, 1.165) is 15.6 Å². The number of rotatable bonds is 4. The van der Waals surface area contributed by atoms with Crippen LogP contribution < -0.4 is 9.47 Å². The number of hydrogen-bond acceptors (Lipinski definition) is 3. The van der Waals surface area contributed by atoms with Gasteiger partial charge in [0, 0.05) is 15.6 Å². The zero-order valence-electron chi connectivity index (χ0n) is 10.9. The largest absolute Gasteiger partial charge is 0.493 e. The van der Waals surface area contributed by atoms with Gasteiger partial charge in [-0.05, 0) is 18.9 Å². The summed E-state index contributed by atoms with van der Waals surface area (Å²) in [5, 5.41) is 9.89. The molecule has 96 valence electrons. The smallest absolute Gasteiger partial charge is 0.164 e. The standard InChI is InChI=1S/C13H19BrO3/c1-7(2)11-12(8(3)15)9(14)6-10(16-4)13(11)17-5/h6-8,15H,1-5H3. The number of hydrogen-bond donors (Lipinski definition) is 1. The molecule has 0 amide bonds. The normalized spacial score (nSPS) is 12.7. The van der Waals surface area contributed by atoms with E-state index in [-0.39, 0.29) is 5.92 Å². The molecule has 0 bridgehead atoms. The van der Waals surface area contributed by atoms with E-state index in [4.69, 9.17) is 9.47 Å². The number of aliphatic hydroxyl groups excluding tert-OH is 1. The van der Waals surface area contributed by atoms with Crippen molar-refractivity contribution in [1.82, 2.24) is 0 Å². The van der Waals surface area contributed by atoms with E-state index < -0.39 is 6.10 Å². The Morgan fingerprint density at radius 3 is 2.06 bits per heavy atom. The molecule has 4 heteroatoms. The summed E-state index contributed by atoms with van der Waals surface area (Å²) in [6.07, 6.45) is -0.554. The van der Waals surface area contributed by atoms with Crippen LogP contribution in [0.25, 0.3) is 0 Å². The molecule has 0 saturated carbocycles. The summed E-state index contributed by atoms with van der Waals surface area (Å²) in [4.78, 5) is 0. The van der Waals surface area contributed by atoms with Gasteiger partial charge in [-0.25, -0.2) is 0 Å². The number of halogens is 1. The Bertz CT molecular complexity index is 400. The number of aliphatic hydroxyl groups is 1. The Morgan fingerprint density at radius 2 is 1.71 bits per heavy atom. The zero-order chi connectivity index (χ0) is 13.2. The Morgan fingerprint density at radius 1 is 1.12 bits per heavy atom. The highest BCUT2D eigenvalue weighted by molar-refractivity contribution is 9.10. The minimum atomic E-state index is -0.554. The first-order valence-electron chi connectivity index (χ1n) is 5.56. The molecule has 0 aliphatic carbocycles. The van der Waals surface area contributed by atoms with Crippen molar-refractivity contribution in [1.29, 1.82) is 0 Å². The third kappa shape index (κ3) is 2.75. The first kappa shape index (κ1) is 14.3. The van der Waals surface area contributed by atoms with Gasteiger partial charge in [0.15, 0.2) is 11.5 Å². The second-order valence-electron chi connectivity index (χ2n) is 4.25. The van der Waals surface area contributed by atoms with Crippen LogP contribution in [0.5, 0.6) is 11.5 Å². The fourth-order valence-electron chi connectivity index (χ4n) is 2.00. The van der Waals surface area contributed by atoms with E-state index in [2.05, 4.69) is 29.8 Å². The Balaban J connectivity index is 3.61. The first-order valence-corrected chi connectivity index (χ1v) is 6.35. The van der Waals surface area contributed by atoms with Crippen LogP contribution in [0.2, 0.25) is 0 Å². The Labute approximate surface area is 111 Å². The van der Waals surface area contributed by atoms with Crippen LogP contribution >= 0.6 is 15.9 Å². The highest BCUT2D eigenvalue weighted by atomic mass is 79.9. The third-order valence-electron chi connectivity index (χ3n) is 2.69. The molecule has 0 aliphatic rings. The Hall–Kier alpha value is -0.740. The summed E-state index contributed by atoms with van der Waals surface area (Å²) in [5.41, 5.74) is 1.84. The van der Waals surface area contributed by atoms with Crippen LogP contribution in [0.4, 0.5) is 0 Å². The molecule has 0 aliphatic heterocycles. The summed E-state index contributed by atoms with van der Waals surface area (Å²) in [6, 6.07) is 1.83. The van der Waals surface area contributed by atoms with Crippen molar-refractivity contribution in [3.8, 4) is 11.5 Å². The molecule has 17 heavy (non-hydrogen) atoms. The number of ether oxygens (including phenoxy) is 2. The van der Waals surface area contributed by atoms with Gasteiger partial charge in [-0.2, -0.15) is 0 Å². The summed E-state index contributed by atoms with van der Waals surface area (Å²) < 4.78 is 11.6. The molecule has 1 unspecified atom stereocenters. The maximum absolute atomic E-state index is 9.89. The van der Waals surface area contributed by atoms with E-state index >= 15 is 0 Å². The van der Waals surface area contributed by atoms with Gasteiger partial charge >= 0.3 is 0 Å². The molecule has 0 fully saturated rings. The van der Waals surface area contributed by atoms with Crippen molar-refractivity contribution in [3.05, 3.63) is 21.7 Å². The lowest BCUT2D eigenvalue weighted by molar-refractivity contribution is 0.196. The molecule has 0 saturated heterocycles. The van der Waals surface area contributed by atoms with Crippen molar-refractivity contribution in [2.45, 2.75) is 32.8 Å². The molecule has 1 aromatic carbocycles. The monoisotopic (exact) mass is 302 g/mol. The van der Waals surface area contributed by atoms with Crippen molar-refractivity contribution in [3.63, 3.8) is 0 Å². The molecular weight excluding hydrogens is 284 g/mol. The molecule has 1 aromatic rings. The second-order valence-corrected chi connectivity index (χ2v) is 5.11. The maximum Gasteiger partial charge on any atom is 0.164 e. The summed E-state index contributed by atoms with van der Waals surface area (Å²) in [7, 11) is 3.22. The third-order valence-corrected chi connectivity index (χ3v) is 3.35. The summed E-state index contributed by atoms with van der Waals surface area (Å²) >= 11 is 3.48. The molecule has 1 atom stereocenters. The van der Waals surface area contributed by atoms with E-state index in [1.165, 1.54) is 0 Å². The average molecular weight is 303 g/mol. The lowest BCUT2D eigenvalue weighted by Crippen LogP contribution is -2.06. The lowest BCUT2D eigenvalue weighted by Gasteiger charge is -2.22. The van der Waals surface area contributed by atoms with Gasteiger partial charge in [-0.1, -0.05) is 29.8 Å². The molecule has 0 heterocycles. The molecular formula is C13H19BrO3. The molecule has 0 radical (unpaired) electrons. The Kier molecular flexibility index (Phi) is 4.83. The minimum absolute atomic E-state index is 0.237. The quantitative estimate of drug-likeness (QED) is 0.923. The van der Waals surface area contributed by atoms with Gasteiger partial charge in [0.1, 0.15) is 0 Å². The van der Waals surface area contributed by atoms with E-state index in [1.807, 2.05) is 6.07 Å². The molecule has 1 N–H and O–H groups in total. The van der Waals surface area contributed by atoms with Crippen LogP contribution in [0, 0.1) is 0 Å². The lowest BCUT2D eigenvalue weighted by atomic mass is 9.93. The van der Waals surface area contributed by atoms with Gasteiger partial charge in [0.2, 0.25) is 0 Å². The fourth-order valence-corrected chi connectivity index (χ4v) is 2.75. The second kappa shape index (κ2) is 5.74. The fraction of sp³-hybridized carbons (Fsp3) is 0.538. The minimum Gasteiger partial charge on any atom is -0.493 e. The zero-order valence-corrected chi connectivity index (χ0v) is 12.5. The molecule has 3 nitrogen and oxygen atoms in total. The van der Waals surface area contributed by atoms with Crippen LogP contribution in [0.15, 0.2) is 10.5 Å². The van der Waals surface area contributed by atoms with Crippen LogP contribution in [0.3, 0.4) is 0 Å². The van der Waals surface area contributed by atoms with Crippen LogP contribution in [-0.2, 0) is 0 Å². The van der Waals surface area contributed by atoms with Crippen molar-refractivity contribution >= 4 is 15.9 Å². The average Bonchev–Trinajstić information content (AvgIpc) is 2.26. The van der Waals surface area contributed by atoms with Gasteiger partial charge in [-0.3, -0.25) is 0 Å². The molecule has 1 rings (SSSR count). The van der Waals surface area contributed by atoms with E-state index in [9.17, 15) is 5.11 Å². The van der Waals surface area contributed by atoms with Gasteiger partial charge < -0.3 is 14.6 Å². The highest BCUT2D eigenvalue weighted by Crippen LogP contribution is 2.44. The van der Waals surface area contributed by atoms with Gasteiger partial charge in [0.05, 0.1) is 20.3 Å². The van der Waals surface area contributed by atoms with E-state index in [0.29, 0.717) is 11.5 Å². The highest BCUT2D eigenvalue weighted by Gasteiger charge is 2.23. The predicted molar refractivity (Wildman–Crippen MR) is 72.0 cm³/mol. The van der Waals surface area contributed by atoms with Crippen LogP contribution in [-0.4, -0.2) is 19.3 Å². The SMILES string of the molecule is COc1cc(Br)c(C(C)O)c(C(C)C)c1OC. The van der Waals surface area contributed by atoms with Crippen LogP contribution in [0.1, 0.15) is 43.9 Å². The van der Waals surface area contributed by atoms with Crippen molar-refractivity contribution < 1.29 is 14.6 Å². The van der Waals surface area contributed by atoms with Gasteiger partial charge in [-0.15, -0.1) is 0 Å². The number of benzene rings is 1.